The summed E-state index contributed by atoms with van der Waals surface area (Å²) >= 11 is 8.75. The molecule has 76 valence electrons. The van der Waals surface area contributed by atoms with Crippen LogP contribution in [0.4, 0.5) is 0 Å². The van der Waals surface area contributed by atoms with Crippen molar-refractivity contribution >= 4 is 40.1 Å². The van der Waals surface area contributed by atoms with E-state index in [9.17, 15) is 0 Å². The zero-order chi connectivity index (χ0) is 10.8. The van der Waals surface area contributed by atoms with Crippen LogP contribution in [0.3, 0.4) is 0 Å². The molecule has 1 nitrogen and oxygen atoms in total. The fourth-order valence-corrected chi connectivity index (χ4v) is 3.58. The second kappa shape index (κ2) is 4.62. The number of hydrogen-bond acceptors (Lipinski definition) is 1. The maximum absolute atomic E-state index is 5.82. The molecule has 0 atom stereocenters. The summed E-state index contributed by atoms with van der Waals surface area (Å²) in [6, 6.07) is 7.63. The van der Waals surface area contributed by atoms with Gasteiger partial charge in [-0.2, -0.15) is 0 Å². The van der Waals surface area contributed by atoms with Crippen molar-refractivity contribution in [1.29, 1.82) is 0 Å². The van der Waals surface area contributed by atoms with Gasteiger partial charge < -0.3 is 0 Å². The van der Waals surface area contributed by atoms with Crippen molar-refractivity contribution in [3.63, 3.8) is 0 Å². The first kappa shape index (κ1) is 12.0. The predicted octanol–water partition coefficient (Wildman–Crippen LogP) is 2.84. The Hall–Kier alpha value is -0.0836. The zero-order valence-corrected chi connectivity index (χ0v) is 12.0. The Morgan fingerprint density at radius 2 is 1.71 bits per heavy atom. The SMILES string of the molecule is C[Si](C)(C)OC(=[Se])c1ccc(Cl)cc1. The fourth-order valence-electron chi connectivity index (χ4n) is 0.923. The molecule has 0 spiro atoms. The molecule has 0 bridgehead atoms. The van der Waals surface area contributed by atoms with E-state index < -0.39 is 8.32 Å². The van der Waals surface area contributed by atoms with Gasteiger partial charge >= 0.3 is 99.0 Å². The van der Waals surface area contributed by atoms with Crippen LogP contribution in [0.5, 0.6) is 0 Å². The average molecular weight is 292 g/mol. The van der Waals surface area contributed by atoms with E-state index in [2.05, 4.69) is 35.2 Å². The standard InChI is InChI=1S/C10H13ClOSeSi/c1-14(2,3)12-10(13)8-4-6-9(11)7-5-8/h4-7H,1-3H3. The second-order valence-electron chi connectivity index (χ2n) is 4.01. The first-order valence-electron chi connectivity index (χ1n) is 4.37. The van der Waals surface area contributed by atoms with Gasteiger partial charge in [-0.25, -0.2) is 0 Å². The van der Waals surface area contributed by atoms with Gasteiger partial charge in [-0.15, -0.1) is 0 Å². The molecule has 0 aliphatic carbocycles. The van der Waals surface area contributed by atoms with Crippen molar-refractivity contribution in [3.8, 4) is 0 Å². The minimum absolute atomic E-state index is 0.745. The van der Waals surface area contributed by atoms with Crippen LogP contribution in [0.2, 0.25) is 24.7 Å². The van der Waals surface area contributed by atoms with Gasteiger partial charge in [0.05, 0.1) is 0 Å². The van der Waals surface area contributed by atoms with Gasteiger partial charge in [-0.1, -0.05) is 0 Å². The Morgan fingerprint density at radius 1 is 1.21 bits per heavy atom. The van der Waals surface area contributed by atoms with Crippen molar-refractivity contribution < 1.29 is 4.43 Å². The first-order chi connectivity index (χ1) is 6.38. The summed E-state index contributed by atoms with van der Waals surface area (Å²) in [4.78, 5) is 0. The van der Waals surface area contributed by atoms with Gasteiger partial charge in [-0.3, -0.25) is 0 Å². The van der Waals surface area contributed by atoms with Crippen molar-refractivity contribution in [2.24, 2.45) is 0 Å². The monoisotopic (exact) mass is 292 g/mol. The Balaban J connectivity index is 2.76. The summed E-state index contributed by atoms with van der Waals surface area (Å²) in [6.45, 7) is 6.46. The Bertz CT molecular complexity index is 329. The molecule has 0 N–H and O–H groups in total. The van der Waals surface area contributed by atoms with Gasteiger partial charge in [0, 0.05) is 0 Å². The van der Waals surface area contributed by atoms with Gasteiger partial charge in [0.25, 0.3) is 0 Å². The molecule has 4 heteroatoms. The molecule has 0 aromatic heterocycles. The molecule has 0 unspecified atom stereocenters. The molecular weight excluding hydrogens is 279 g/mol. The molecule has 0 saturated heterocycles. The normalized spacial score (nSPS) is 11.1. The molecule has 0 radical (unpaired) electrons. The summed E-state index contributed by atoms with van der Waals surface area (Å²) in [5.41, 5.74) is 1.05. The van der Waals surface area contributed by atoms with E-state index in [1.807, 2.05) is 24.3 Å². The van der Waals surface area contributed by atoms with Crippen LogP contribution in [0.25, 0.3) is 0 Å². The number of halogens is 1. The van der Waals surface area contributed by atoms with Crippen molar-refractivity contribution in [2.75, 3.05) is 0 Å². The Morgan fingerprint density at radius 3 is 2.14 bits per heavy atom. The minimum atomic E-state index is -1.52. The van der Waals surface area contributed by atoms with E-state index >= 15 is 0 Å². The summed E-state index contributed by atoms with van der Waals surface area (Å²) in [5.74, 6) is 0. The molecule has 0 aliphatic heterocycles. The second-order valence-corrected chi connectivity index (χ2v) is 9.65. The van der Waals surface area contributed by atoms with E-state index in [1.54, 1.807) is 0 Å². The maximum atomic E-state index is 5.82. The van der Waals surface area contributed by atoms with Crippen molar-refractivity contribution in [1.82, 2.24) is 0 Å². The third-order valence-electron chi connectivity index (χ3n) is 1.48. The Kier molecular flexibility index (Phi) is 3.96. The molecule has 0 heterocycles. The third kappa shape index (κ3) is 3.97. The molecule has 0 amide bonds. The van der Waals surface area contributed by atoms with Crippen molar-refractivity contribution in [3.05, 3.63) is 34.9 Å². The van der Waals surface area contributed by atoms with E-state index in [0.29, 0.717) is 0 Å². The number of hydrogen-bond donors (Lipinski definition) is 0. The first-order valence-corrected chi connectivity index (χ1v) is 9.02. The molecular formula is C10H13ClOSeSi. The van der Waals surface area contributed by atoms with E-state index in [0.717, 1.165) is 15.2 Å². The molecule has 0 fully saturated rings. The van der Waals surface area contributed by atoms with Crippen molar-refractivity contribution in [2.45, 2.75) is 19.6 Å². The summed E-state index contributed by atoms with van der Waals surface area (Å²) in [6.07, 6.45) is 0. The molecule has 1 aromatic rings. The van der Waals surface area contributed by atoms with E-state index in [-0.39, 0.29) is 0 Å². The summed E-state index contributed by atoms with van der Waals surface area (Å²) in [5, 5.41) is 0.745. The quantitative estimate of drug-likeness (QED) is 0.778. The van der Waals surface area contributed by atoms with Gasteiger partial charge in [-0.05, 0) is 0 Å². The predicted molar refractivity (Wildman–Crippen MR) is 65.7 cm³/mol. The third-order valence-corrected chi connectivity index (χ3v) is 3.55. The van der Waals surface area contributed by atoms with Gasteiger partial charge in [0.15, 0.2) is 0 Å². The number of rotatable bonds is 3. The number of benzene rings is 1. The molecule has 14 heavy (non-hydrogen) atoms. The summed E-state index contributed by atoms with van der Waals surface area (Å²) in [7, 11) is -1.52. The average Bonchev–Trinajstić information content (AvgIpc) is 2.02. The molecule has 1 rings (SSSR count). The van der Waals surface area contributed by atoms with Gasteiger partial charge in [0.2, 0.25) is 0 Å². The van der Waals surface area contributed by atoms with Crippen LogP contribution in [0, 0.1) is 0 Å². The topological polar surface area (TPSA) is 9.23 Å². The summed E-state index contributed by atoms with van der Waals surface area (Å²) < 4.78 is 6.68. The Labute approximate surface area is 98.9 Å². The van der Waals surface area contributed by atoms with E-state index in [4.69, 9.17) is 16.0 Å². The fraction of sp³-hybridized carbons (Fsp3) is 0.300. The van der Waals surface area contributed by atoms with Crippen LogP contribution in [0.15, 0.2) is 24.3 Å². The van der Waals surface area contributed by atoms with Crippen LogP contribution in [0.1, 0.15) is 5.56 Å². The molecule has 1 aromatic carbocycles. The van der Waals surface area contributed by atoms with Crippen LogP contribution < -0.4 is 0 Å². The molecule has 0 aliphatic rings. The molecule has 0 saturated carbocycles. The van der Waals surface area contributed by atoms with Crippen LogP contribution in [-0.2, 0) is 4.43 Å². The van der Waals surface area contributed by atoms with Crippen LogP contribution in [-0.4, -0.2) is 28.5 Å². The zero-order valence-electron chi connectivity index (χ0n) is 8.50. The van der Waals surface area contributed by atoms with Gasteiger partial charge in [0.1, 0.15) is 0 Å². The van der Waals surface area contributed by atoms with Crippen LogP contribution >= 0.6 is 11.6 Å². The van der Waals surface area contributed by atoms with E-state index in [1.165, 1.54) is 0 Å².